The van der Waals surface area contributed by atoms with Crippen LogP contribution in [-0.2, 0) is 4.74 Å². The molecule has 1 aromatic carbocycles. The Morgan fingerprint density at radius 3 is 2.38 bits per heavy atom. The number of nitrogens with zero attached hydrogens (tertiary/aromatic N) is 1. The van der Waals surface area contributed by atoms with Gasteiger partial charge in [0.25, 0.3) is 0 Å². The van der Waals surface area contributed by atoms with E-state index in [4.69, 9.17) is 9.84 Å². The fourth-order valence-corrected chi connectivity index (χ4v) is 2.42. The molecule has 1 fully saturated rings. The smallest absolute Gasteiger partial charge is 0.410 e. The minimum absolute atomic E-state index is 0.236. The first kappa shape index (κ1) is 15.4. The topological polar surface area (TPSA) is 66.8 Å². The number of carboxylic acids is 1. The Labute approximate surface area is 124 Å². The van der Waals surface area contributed by atoms with Gasteiger partial charge in [0, 0.05) is 19.0 Å². The molecule has 5 heteroatoms. The molecule has 1 aliphatic rings. The van der Waals surface area contributed by atoms with E-state index in [1.807, 2.05) is 32.9 Å². The zero-order valence-corrected chi connectivity index (χ0v) is 12.6. The van der Waals surface area contributed by atoms with Gasteiger partial charge in [0.05, 0.1) is 5.56 Å². The molecule has 1 saturated heterocycles. The second-order valence-electron chi connectivity index (χ2n) is 6.34. The number of hydrogen-bond acceptors (Lipinski definition) is 3. The molecule has 21 heavy (non-hydrogen) atoms. The summed E-state index contributed by atoms with van der Waals surface area (Å²) in [6.07, 6.45) is 0.582. The van der Waals surface area contributed by atoms with Crippen molar-refractivity contribution < 1.29 is 19.4 Å². The largest absolute Gasteiger partial charge is 0.478 e. The van der Waals surface area contributed by atoms with Gasteiger partial charge in [0.15, 0.2) is 0 Å². The van der Waals surface area contributed by atoms with E-state index in [0.717, 1.165) is 12.0 Å². The third-order valence-electron chi connectivity index (χ3n) is 3.47. The first-order valence-corrected chi connectivity index (χ1v) is 7.07. The van der Waals surface area contributed by atoms with Gasteiger partial charge >= 0.3 is 12.1 Å². The molecule has 1 aromatic rings. The average molecular weight is 291 g/mol. The molecular formula is C16H21NO4. The molecule has 1 heterocycles. The Morgan fingerprint density at radius 2 is 1.86 bits per heavy atom. The van der Waals surface area contributed by atoms with Gasteiger partial charge < -0.3 is 14.7 Å². The number of likely N-dealkylation sites (tertiary alicyclic amines) is 1. The van der Waals surface area contributed by atoms with E-state index in [0.29, 0.717) is 13.1 Å². The number of hydrogen-bond donors (Lipinski definition) is 1. The number of carboxylic acid groups (broad SMARTS) is 1. The number of benzene rings is 1. The highest BCUT2D eigenvalue weighted by atomic mass is 16.6. The molecule has 0 aliphatic carbocycles. The Morgan fingerprint density at radius 1 is 1.24 bits per heavy atom. The van der Waals surface area contributed by atoms with Crippen LogP contribution in [0.4, 0.5) is 4.79 Å². The first-order valence-electron chi connectivity index (χ1n) is 7.07. The Hall–Kier alpha value is -2.04. The van der Waals surface area contributed by atoms with Crippen LogP contribution >= 0.6 is 0 Å². The second kappa shape index (κ2) is 5.76. The summed E-state index contributed by atoms with van der Waals surface area (Å²) in [5.74, 6) is -0.691. The van der Waals surface area contributed by atoms with Gasteiger partial charge in [-0.1, -0.05) is 12.1 Å². The number of amides is 1. The number of aromatic carboxylic acids is 1. The van der Waals surface area contributed by atoms with Crippen LogP contribution < -0.4 is 0 Å². The van der Waals surface area contributed by atoms with Gasteiger partial charge in [-0.25, -0.2) is 9.59 Å². The molecule has 1 aliphatic heterocycles. The van der Waals surface area contributed by atoms with Crippen molar-refractivity contribution in [1.29, 1.82) is 0 Å². The third-order valence-corrected chi connectivity index (χ3v) is 3.47. The molecule has 1 N–H and O–H groups in total. The normalized spacial score (nSPS) is 18.6. The highest BCUT2D eigenvalue weighted by Gasteiger charge is 2.30. The van der Waals surface area contributed by atoms with Gasteiger partial charge in [-0.2, -0.15) is 0 Å². The molecular weight excluding hydrogens is 270 g/mol. The summed E-state index contributed by atoms with van der Waals surface area (Å²) in [7, 11) is 0. The molecule has 1 unspecified atom stereocenters. The summed E-state index contributed by atoms with van der Waals surface area (Å²) < 4.78 is 5.37. The highest BCUT2D eigenvalue weighted by Crippen LogP contribution is 2.28. The van der Waals surface area contributed by atoms with Crippen molar-refractivity contribution in [1.82, 2.24) is 4.90 Å². The van der Waals surface area contributed by atoms with Crippen LogP contribution in [0.25, 0.3) is 0 Å². The average Bonchev–Trinajstić information content (AvgIpc) is 2.86. The van der Waals surface area contributed by atoms with Crippen molar-refractivity contribution >= 4 is 12.1 Å². The molecule has 2 rings (SSSR count). The predicted molar refractivity (Wildman–Crippen MR) is 78.6 cm³/mol. The van der Waals surface area contributed by atoms with E-state index in [1.54, 1.807) is 17.0 Å². The van der Waals surface area contributed by atoms with E-state index in [1.165, 1.54) is 0 Å². The van der Waals surface area contributed by atoms with Crippen molar-refractivity contribution in [2.75, 3.05) is 13.1 Å². The van der Waals surface area contributed by atoms with E-state index < -0.39 is 11.6 Å². The van der Waals surface area contributed by atoms with Crippen molar-refractivity contribution in [3.63, 3.8) is 0 Å². The standard InChI is InChI=1S/C16H21NO4/c1-16(2,3)21-15(20)17-9-8-13(10-17)11-4-6-12(7-5-11)14(18)19/h4-7,13H,8-10H2,1-3H3,(H,18,19). The first-order chi connectivity index (χ1) is 9.76. The van der Waals surface area contributed by atoms with Crippen molar-refractivity contribution in [3.8, 4) is 0 Å². The molecule has 1 atom stereocenters. The van der Waals surface area contributed by atoms with Gasteiger partial charge in [-0.3, -0.25) is 0 Å². The van der Waals surface area contributed by atoms with Crippen LogP contribution in [-0.4, -0.2) is 40.8 Å². The van der Waals surface area contributed by atoms with Crippen molar-refractivity contribution in [3.05, 3.63) is 35.4 Å². The second-order valence-corrected chi connectivity index (χ2v) is 6.34. The third kappa shape index (κ3) is 3.97. The molecule has 1 amide bonds. The lowest BCUT2D eigenvalue weighted by atomic mass is 9.97. The van der Waals surface area contributed by atoms with Gasteiger partial charge in [0.2, 0.25) is 0 Å². The summed E-state index contributed by atoms with van der Waals surface area (Å²) >= 11 is 0. The lowest BCUT2D eigenvalue weighted by Crippen LogP contribution is -2.35. The lowest BCUT2D eigenvalue weighted by Gasteiger charge is -2.24. The Balaban J connectivity index is 1.99. The van der Waals surface area contributed by atoms with E-state index in [9.17, 15) is 9.59 Å². The maximum atomic E-state index is 12.0. The fraction of sp³-hybridized carbons (Fsp3) is 0.500. The number of carbonyl (C=O) groups is 2. The van der Waals surface area contributed by atoms with E-state index >= 15 is 0 Å². The maximum Gasteiger partial charge on any atom is 0.410 e. The maximum absolute atomic E-state index is 12.0. The summed E-state index contributed by atoms with van der Waals surface area (Å²) in [5, 5.41) is 8.89. The van der Waals surface area contributed by atoms with Gasteiger partial charge in [-0.15, -0.1) is 0 Å². The monoisotopic (exact) mass is 291 g/mol. The summed E-state index contributed by atoms with van der Waals surface area (Å²) in [5.41, 5.74) is 0.852. The van der Waals surface area contributed by atoms with Crippen LogP contribution in [0.1, 0.15) is 49.0 Å². The van der Waals surface area contributed by atoms with Gasteiger partial charge in [0.1, 0.15) is 5.60 Å². The highest BCUT2D eigenvalue weighted by molar-refractivity contribution is 5.87. The lowest BCUT2D eigenvalue weighted by molar-refractivity contribution is 0.0292. The Kier molecular flexibility index (Phi) is 4.21. The minimum Gasteiger partial charge on any atom is -0.478 e. The summed E-state index contributed by atoms with van der Waals surface area (Å²) in [6, 6.07) is 6.86. The molecule has 0 radical (unpaired) electrons. The van der Waals surface area contributed by atoms with Crippen LogP contribution in [0.5, 0.6) is 0 Å². The molecule has 5 nitrogen and oxygen atoms in total. The molecule has 0 saturated carbocycles. The van der Waals surface area contributed by atoms with Gasteiger partial charge in [-0.05, 0) is 44.9 Å². The minimum atomic E-state index is -0.927. The van der Waals surface area contributed by atoms with E-state index in [2.05, 4.69) is 0 Å². The van der Waals surface area contributed by atoms with Crippen molar-refractivity contribution in [2.24, 2.45) is 0 Å². The van der Waals surface area contributed by atoms with E-state index in [-0.39, 0.29) is 17.6 Å². The number of ether oxygens (including phenoxy) is 1. The predicted octanol–water partition coefficient (Wildman–Crippen LogP) is 3.11. The molecule has 0 aromatic heterocycles. The summed E-state index contributed by atoms with van der Waals surface area (Å²) in [4.78, 5) is 24.6. The SMILES string of the molecule is CC(C)(C)OC(=O)N1CCC(c2ccc(C(=O)O)cc2)C1. The van der Waals surface area contributed by atoms with Crippen molar-refractivity contribution in [2.45, 2.75) is 38.7 Å². The summed E-state index contributed by atoms with van der Waals surface area (Å²) in [6.45, 7) is 6.83. The zero-order valence-electron chi connectivity index (χ0n) is 12.6. The van der Waals surface area contributed by atoms with Crippen LogP contribution in [0.2, 0.25) is 0 Å². The fourth-order valence-electron chi connectivity index (χ4n) is 2.42. The van der Waals surface area contributed by atoms with Crippen LogP contribution in [0.3, 0.4) is 0 Å². The Bertz CT molecular complexity index is 530. The van der Waals surface area contributed by atoms with Crippen LogP contribution in [0.15, 0.2) is 24.3 Å². The number of carbonyl (C=O) groups excluding carboxylic acids is 1. The molecule has 114 valence electrons. The number of rotatable bonds is 2. The molecule has 0 bridgehead atoms. The zero-order chi connectivity index (χ0) is 15.6. The van der Waals surface area contributed by atoms with Crippen LogP contribution in [0, 0.1) is 0 Å². The molecule has 0 spiro atoms. The quantitative estimate of drug-likeness (QED) is 0.909.